The molecule has 0 spiro atoms. The fourth-order valence-electron chi connectivity index (χ4n) is 3.25. The molecule has 0 saturated carbocycles. The molecule has 114 valence electrons. The van der Waals surface area contributed by atoms with E-state index in [2.05, 4.69) is 15.5 Å². The van der Waals surface area contributed by atoms with Crippen molar-refractivity contribution >= 4 is 23.2 Å². The molecule has 2 atom stereocenters. The molecule has 2 aliphatic heterocycles. The van der Waals surface area contributed by atoms with Gasteiger partial charge >= 0.3 is 0 Å². The molecule has 3 rings (SSSR count). The molecule has 0 aliphatic carbocycles. The molecule has 2 aliphatic rings. The average Bonchev–Trinajstić information content (AvgIpc) is 2.96. The van der Waals surface area contributed by atoms with Crippen molar-refractivity contribution in [3.8, 4) is 0 Å². The summed E-state index contributed by atoms with van der Waals surface area (Å²) in [7, 11) is 0. The zero-order valence-corrected chi connectivity index (χ0v) is 12.8. The molecule has 6 heteroatoms. The SMILES string of the molecule is O=C1CC2CCCC(CN1)N2CC(=O)NCc1cccs1. The van der Waals surface area contributed by atoms with Crippen molar-refractivity contribution in [3.63, 3.8) is 0 Å². The maximum atomic E-state index is 12.2. The topological polar surface area (TPSA) is 61.4 Å². The summed E-state index contributed by atoms with van der Waals surface area (Å²) in [6, 6.07) is 4.54. The lowest BCUT2D eigenvalue weighted by Crippen LogP contribution is -2.51. The van der Waals surface area contributed by atoms with Crippen LogP contribution >= 0.6 is 11.3 Å². The van der Waals surface area contributed by atoms with Crippen molar-refractivity contribution in [2.75, 3.05) is 13.1 Å². The van der Waals surface area contributed by atoms with Crippen LogP contribution in [-0.2, 0) is 16.1 Å². The third kappa shape index (κ3) is 3.63. The quantitative estimate of drug-likeness (QED) is 0.876. The van der Waals surface area contributed by atoms with Gasteiger partial charge in [-0.1, -0.05) is 12.5 Å². The summed E-state index contributed by atoms with van der Waals surface area (Å²) >= 11 is 1.65. The van der Waals surface area contributed by atoms with Crippen molar-refractivity contribution in [2.45, 2.75) is 44.3 Å². The molecule has 2 bridgehead atoms. The highest BCUT2D eigenvalue weighted by Gasteiger charge is 2.35. The van der Waals surface area contributed by atoms with Gasteiger partial charge in [0.25, 0.3) is 0 Å². The van der Waals surface area contributed by atoms with Gasteiger partial charge < -0.3 is 10.6 Å². The maximum Gasteiger partial charge on any atom is 0.234 e. The van der Waals surface area contributed by atoms with Gasteiger partial charge in [-0.15, -0.1) is 11.3 Å². The first-order valence-corrected chi connectivity index (χ1v) is 8.42. The molecule has 21 heavy (non-hydrogen) atoms. The van der Waals surface area contributed by atoms with Gasteiger partial charge in [0.05, 0.1) is 13.1 Å². The number of amides is 2. The van der Waals surface area contributed by atoms with Crippen molar-refractivity contribution in [2.24, 2.45) is 0 Å². The van der Waals surface area contributed by atoms with Crippen LogP contribution in [0.4, 0.5) is 0 Å². The summed E-state index contributed by atoms with van der Waals surface area (Å²) < 4.78 is 0. The molecule has 2 N–H and O–H groups in total. The molecular weight excluding hydrogens is 286 g/mol. The highest BCUT2D eigenvalue weighted by Crippen LogP contribution is 2.26. The van der Waals surface area contributed by atoms with Crippen LogP contribution in [-0.4, -0.2) is 41.9 Å². The second kappa shape index (κ2) is 6.58. The van der Waals surface area contributed by atoms with E-state index in [0.717, 1.165) is 24.1 Å². The van der Waals surface area contributed by atoms with Crippen molar-refractivity contribution in [3.05, 3.63) is 22.4 Å². The normalized spacial score (nSPS) is 26.0. The number of hydrogen-bond donors (Lipinski definition) is 2. The largest absolute Gasteiger partial charge is 0.354 e. The van der Waals surface area contributed by atoms with Crippen LogP contribution in [0.1, 0.15) is 30.6 Å². The molecule has 0 radical (unpaired) electrons. The van der Waals surface area contributed by atoms with Crippen LogP contribution < -0.4 is 10.6 Å². The van der Waals surface area contributed by atoms with Gasteiger partial charge in [-0.3, -0.25) is 14.5 Å². The summed E-state index contributed by atoms with van der Waals surface area (Å²) in [5, 5.41) is 7.95. The number of nitrogens with zero attached hydrogens (tertiary/aromatic N) is 1. The molecule has 2 unspecified atom stereocenters. The first-order chi connectivity index (χ1) is 10.2. The minimum Gasteiger partial charge on any atom is -0.354 e. The van der Waals surface area contributed by atoms with Crippen LogP contribution in [0, 0.1) is 0 Å². The van der Waals surface area contributed by atoms with E-state index < -0.39 is 0 Å². The Morgan fingerprint density at radius 3 is 3.10 bits per heavy atom. The minimum atomic E-state index is 0.0506. The number of carbonyl (C=O) groups is 2. The van der Waals surface area contributed by atoms with Gasteiger partial charge in [-0.25, -0.2) is 0 Å². The molecule has 2 fully saturated rings. The second-order valence-corrected chi connectivity index (χ2v) is 6.81. The van der Waals surface area contributed by atoms with Crippen molar-refractivity contribution < 1.29 is 9.59 Å². The Balaban J connectivity index is 1.57. The Morgan fingerprint density at radius 1 is 1.43 bits per heavy atom. The second-order valence-electron chi connectivity index (χ2n) is 5.78. The average molecular weight is 307 g/mol. The van der Waals surface area contributed by atoms with Crippen LogP contribution in [0.2, 0.25) is 0 Å². The summed E-state index contributed by atoms with van der Waals surface area (Å²) in [5.41, 5.74) is 0. The van der Waals surface area contributed by atoms with E-state index in [-0.39, 0.29) is 17.9 Å². The van der Waals surface area contributed by atoms with E-state index in [0.29, 0.717) is 32.1 Å². The smallest absolute Gasteiger partial charge is 0.234 e. The van der Waals surface area contributed by atoms with E-state index in [1.807, 2.05) is 17.5 Å². The van der Waals surface area contributed by atoms with Gasteiger partial charge in [0.1, 0.15) is 0 Å². The summed E-state index contributed by atoms with van der Waals surface area (Å²) in [6.07, 6.45) is 3.75. The van der Waals surface area contributed by atoms with Gasteiger partial charge in [0, 0.05) is 29.9 Å². The fraction of sp³-hybridized carbons (Fsp3) is 0.600. The molecule has 2 amide bonds. The van der Waals surface area contributed by atoms with Crippen LogP contribution in [0.25, 0.3) is 0 Å². The third-order valence-electron chi connectivity index (χ3n) is 4.33. The van der Waals surface area contributed by atoms with E-state index >= 15 is 0 Å². The van der Waals surface area contributed by atoms with Crippen molar-refractivity contribution in [1.82, 2.24) is 15.5 Å². The van der Waals surface area contributed by atoms with Crippen molar-refractivity contribution in [1.29, 1.82) is 0 Å². The van der Waals surface area contributed by atoms with Gasteiger partial charge in [-0.05, 0) is 24.3 Å². The highest BCUT2D eigenvalue weighted by atomic mass is 32.1. The fourth-order valence-corrected chi connectivity index (χ4v) is 3.90. The van der Waals surface area contributed by atoms with Crippen LogP contribution in [0.5, 0.6) is 0 Å². The van der Waals surface area contributed by atoms with E-state index in [9.17, 15) is 9.59 Å². The number of hydrogen-bond acceptors (Lipinski definition) is 4. The highest BCUT2D eigenvalue weighted by molar-refractivity contribution is 7.09. The van der Waals surface area contributed by atoms with E-state index in [1.54, 1.807) is 11.3 Å². The zero-order valence-electron chi connectivity index (χ0n) is 12.0. The van der Waals surface area contributed by atoms with Gasteiger partial charge in [-0.2, -0.15) is 0 Å². The Kier molecular flexibility index (Phi) is 4.55. The zero-order chi connectivity index (χ0) is 14.7. The molecule has 1 aromatic rings. The van der Waals surface area contributed by atoms with Gasteiger partial charge in [0.2, 0.25) is 11.8 Å². The maximum absolute atomic E-state index is 12.2. The summed E-state index contributed by atoms with van der Waals surface area (Å²) in [5.74, 6) is 0.169. The minimum absolute atomic E-state index is 0.0506. The number of rotatable bonds is 4. The molecule has 1 aromatic heterocycles. The van der Waals surface area contributed by atoms with Crippen LogP contribution in [0.15, 0.2) is 17.5 Å². The lowest BCUT2D eigenvalue weighted by Gasteiger charge is -2.39. The number of fused-ring (bicyclic) bond motifs is 2. The summed E-state index contributed by atoms with van der Waals surface area (Å²) in [6.45, 7) is 1.67. The Hall–Kier alpha value is -1.40. The standard InChI is InChI=1S/C15H21N3O2S/c19-14-7-11-3-1-4-12(8-16-14)18(11)10-15(20)17-9-13-5-2-6-21-13/h2,5-6,11-12H,1,3-4,7-10H2,(H,16,19)(H,17,20). The van der Waals surface area contributed by atoms with Gasteiger partial charge in [0.15, 0.2) is 0 Å². The molecule has 2 saturated heterocycles. The molecule has 5 nitrogen and oxygen atoms in total. The lowest BCUT2D eigenvalue weighted by atomic mass is 9.94. The van der Waals surface area contributed by atoms with E-state index in [1.165, 1.54) is 0 Å². The Morgan fingerprint density at radius 2 is 2.29 bits per heavy atom. The first-order valence-electron chi connectivity index (χ1n) is 7.54. The molecule has 3 heterocycles. The number of piperidine rings is 1. The lowest BCUT2D eigenvalue weighted by molar-refractivity contribution is -0.125. The number of thiophene rings is 1. The number of nitrogens with one attached hydrogen (secondary N) is 2. The summed E-state index contributed by atoms with van der Waals surface area (Å²) in [4.78, 5) is 27.3. The predicted molar refractivity (Wildman–Crippen MR) is 81.9 cm³/mol. The van der Waals surface area contributed by atoms with Crippen LogP contribution in [0.3, 0.4) is 0 Å². The monoisotopic (exact) mass is 307 g/mol. The Labute approximate surface area is 128 Å². The molecule has 0 aromatic carbocycles. The first kappa shape index (κ1) is 14.5. The predicted octanol–water partition coefficient (Wildman–Crippen LogP) is 1.11. The molecular formula is C15H21N3O2S. The third-order valence-corrected chi connectivity index (χ3v) is 5.21. The van der Waals surface area contributed by atoms with E-state index in [4.69, 9.17) is 0 Å². The number of carbonyl (C=O) groups excluding carboxylic acids is 2. The Bertz CT molecular complexity index is 503.